The van der Waals surface area contributed by atoms with Crippen molar-refractivity contribution in [2.45, 2.75) is 25.8 Å². The molecule has 0 aliphatic carbocycles. The maximum atomic E-state index is 10.8. The number of hydrogen-bond acceptors (Lipinski definition) is 4. The lowest BCUT2D eigenvalue weighted by atomic mass is 10.3. The minimum Gasteiger partial charge on any atom is -0.327 e. The van der Waals surface area contributed by atoms with Crippen LogP contribution < -0.4 is 5.73 Å². The van der Waals surface area contributed by atoms with Crippen LogP contribution in [0.2, 0.25) is 0 Å². The van der Waals surface area contributed by atoms with Crippen molar-refractivity contribution in [1.82, 2.24) is 0 Å². The molecule has 3 nitrogen and oxygen atoms in total. The molecule has 0 bridgehead atoms. The summed E-state index contributed by atoms with van der Waals surface area (Å²) in [6.45, 7) is 2.12. The number of nitrogens with two attached hydrogens (primary N) is 1. The SMILES string of the molecule is CCCSCC(N)CCS(C)(=O)=O. The van der Waals surface area contributed by atoms with Crippen LogP contribution in [-0.4, -0.2) is 38.0 Å². The van der Waals surface area contributed by atoms with Crippen LogP contribution in [0.15, 0.2) is 0 Å². The van der Waals surface area contributed by atoms with E-state index in [2.05, 4.69) is 6.92 Å². The van der Waals surface area contributed by atoms with Crippen molar-refractivity contribution in [3.63, 3.8) is 0 Å². The van der Waals surface area contributed by atoms with Crippen LogP contribution in [0.5, 0.6) is 0 Å². The first-order chi connectivity index (χ1) is 5.95. The second-order valence-corrected chi connectivity index (χ2v) is 6.66. The Hall–Kier alpha value is 0.260. The lowest BCUT2D eigenvalue weighted by Gasteiger charge is -2.09. The first-order valence-corrected chi connectivity index (χ1v) is 7.68. The van der Waals surface area contributed by atoms with Gasteiger partial charge in [0.2, 0.25) is 0 Å². The first kappa shape index (κ1) is 13.3. The number of thioether (sulfide) groups is 1. The Morgan fingerprint density at radius 1 is 1.46 bits per heavy atom. The van der Waals surface area contributed by atoms with Crippen LogP contribution in [0.1, 0.15) is 19.8 Å². The molecule has 0 aliphatic heterocycles. The number of rotatable bonds is 7. The first-order valence-electron chi connectivity index (χ1n) is 4.46. The molecule has 13 heavy (non-hydrogen) atoms. The van der Waals surface area contributed by atoms with Gasteiger partial charge in [-0.2, -0.15) is 11.8 Å². The van der Waals surface area contributed by atoms with Gasteiger partial charge in [0.25, 0.3) is 0 Å². The Bertz CT molecular complexity index is 214. The zero-order valence-electron chi connectivity index (χ0n) is 8.32. The predicted molar refractivity (Wildman–Crippen MR) is 59.9 cm³/mol. The van der Waals surface area contributed by atoms with Gasteiger partial charge in [-0.3, -0.25) is 0 Å². The van der Waals surface area contributed by atoms with Gasteiger partial charge in [-0.15, -0.1) is 0 Å². The van der Waals surface area contributed by atoms with E-state index in [1.807, 2.05) is 0 Å². The fraction of sp³-hybridized carbons (Fsp3) is 1.00. The van der Waals surface area contributed by atoms with Crippen LogP contribution in [-0.2, 0) is 9.84 Å². The molecule has 0 aromatic heterocycles. The molecule has 0 heterocycles. The van der Waals surface area contributed by atoms with Crippen molar-refractivity contribution in [2.75, 3.05) is 23.5 Å². The molecule has 0 aromatic rings. The van der Waals surface area contributed by atoms with Crippen LogP contribution in [0.25, 0.3) is 0 Å². The maximum absolute atomic E-state index is 10.8. The third kappa shape index (κ3) is 10.2. The molecule has 1 atom stereocenters. The zero-order chi connectivity index (χ0) is 10.3. The molecule has 2 N–H and O–H groups in total. The van der Waals surface area contributed by atoms with Crippen LogP contribution in [0.3, 0.4) is 0 Å². The van der Waals surface area contributed by atoms with Crippen molar-refractivity contribution < 1.29 is 8.42 Å². The molecule has 0 radical (unpaired) electrons. The summed E-state index contributed by atoms with van der Waals surface area (Å²) in [7, 11) is -2.84. The highest BCUT2D eigenvalue weighted by molar-refractivity contribution is 7.99. The maximum Gasteiger partial charge on any atom is 0.147 e. The molecule has 0 fully saturated rings. The van der Waals surface area contributed by atoms with Gasteiger partial charge in [0.1, 0.15) is 9.84 Å². The van der Waals surface area contributed by atoms with Crippen LogP contribution in [0.4, 0.5) is 0 Å². The Morgan fingerprint density at radius 2 is 2.08 bits per heavy atom. The van der Waals surface area contributed by atoms with Crippen molar-refractivity contribution in [3.05, 3.63) is 0 Å². The van der Waals surface area contributed by atoms with E-state index in [9.17, 15) is 8.42 Å². The predicted octanol–water partition coefficient (Wildman–Crippen LogP) is 0.892. The summed E-state index contributed by atoms with van der Waals surface area (Å²) >= 11 is 1.79. The Labute approximate surface area is 85.4 Å². The average molecular weight is 225 g/mol. The Morgan fingerprint density at radius 3 is 2.54 bits per heavy atom. The average Bonchev–Trinajstić information content (AvgIpc) is 2.00. The minimum atomic E-state index is -2.84. The number of sulfone groups is 1. The third-order valence-corrected chi connectivity index (χ3v) is 3.88. The quantitative estimate of drug-likeness (QED) is 0.654. The molecule has 0 spiro atoms. The molecule has 0 aliphatic rings. The van der Waals surface area contributed by atoms with Crippen molar-refractivity contribution in [2.24, 2.45) is 5.73 Å². The van der Waals surface area contributed by atoms with Gasteiger partial charge in [0.15, 0.2) is 0 Å². The van der Waals surface area contributed by atoms with Gasteiger partial charge < -0.3 is 5.73 Å². The lowest BCUT2D eigenvalue weighted by molar-refractivity contribution is 0.594. The topological polar surface area (TPSA) is 60.2 Å². The normalized spacial score (nSPS) is 14.4. The van der Waals surface area contributed by atoms with Gasteiger partial charge in [-0.25, -0.2) is 8.42 Å². The monoisotopic (exact) mass is 225 g/mol. The molecule has 5 heteroatoms. The largest absolute Gasteiger partial charge is 0.327 e. The van der Waals surface area contributed by atoms with Crippen molar-refractivity contribution in [1.29, 1.82) is 0 Å². The standard InChI is InChI=1S/C8H19NO2S2/c1-3-5-12-7-8(9)4-6-13(2,10)11/h8H,3-7,9H2,1-2H3. The molecule has 0 saturated carbocycles. The van der Waals surface area contributed by atoms with Crippen LogP contribution >= 0.6 is 11.8 Å². The molecule has 0 amide bonds. The van der Waals surface area contributed by atoms with Crippen LogP contribution in [0, 0.1) is 0 Å². The van der Waals surface area contributed by atoms with E-state index < -0.39 is 9.84 Å². The van der Waals surface area contributed by atoms with E-state index in [1.165, 1.54) is 6.26 Å². The van der Waals surface area contributed by atoms with Gasteiger partial charge in [0, 0.05) is 18.1 Å². The van der Waals surface area contributed by atoms with Gasteiger partial charge in [0.05, 0.1) is 5.75 Å². The third-order valence-electron chi connectivity index (χ3n) is 1.54. The second-order valence-electron chi connectivity index (χ2n) is 3.25. The Kier molecular flexibility index (Phi) is 6.81. The molecular weight excluding hydrogens is 206 g/mol. The smallest absolute Gasteiger partial charge is 0.147 e. The summed E-state index contributed by atoms with van der Waals surface area (Å²) in [6, 6.07) is 0.0197. The fourth-order valence-corrected chi connectivity index (χ4v) is 2.48. The highest BCUT2D eigenvalue weighted by Crippen LogP contribution is 2.06. The van der Waals surface area contributed by atoms with E-state index in [1.54, 1.807) is 11.8 Å². The van der Waals surface area contributed by atoms with Gasteiger partial charge in [-0.1, -0.05) is 6.92 Å². The summed E-state index contributed by atoms with van der Waals surface area (Å²) in [5, 5.41) is 0. The molecular formula is C8H19NO2S2. The van der Waals surface area contributed by atoms with Crippen molar-refractivity contribution >= 4 is 21.6 Å². The molecule has 0 saturated heterocycles. The molecule has 80 valence electrons. The molecule has 0 rings (SSSR count). The summed E-state index contributed by atoms with van der Waals surface area (Å²) in [5.41, 5.74) is 5.74. The van der Waals surface area contributed by atoms with E-state index in [0.717, 1.165) is 17.9 Å². The summed E-state index contributed by atoms with van der Waals surface area (Å²) in [4.78, 5) is 0. The zero-order valence-corrected chi connectivity index (χ0v) is 9.96. The van der Waals surface area contributed by atoms with Gasteiger partial charge >= 0.3 is 0 Å². The fourth-order valence-electron chi connectivity index (χ4n) is 0.828. The van der Waals surface area contributed by atoms with E-state index in [4.69, 9.17) is 5.73 Å². The lowest BCUT2D eigenvalue weighted by Crippen LogP contribution is -2.26. The summed E-state index contributed by atoms with van der Waals surface area (Å²) in [6.07, 6.45) is 2.97. The van der Waals surface area contributed by atoms with Gasteiger partial charge in [-0.05, 0) is 18.6 Å². The number of hydrogen-bond donors (Lipinski definition) is 1. The van der Waals surface area contributed by atoms with E-state index in [0.29, 0.717) is 6.42 Å². The molecule has 0 aromatic carbocycles. The van der Waals surface area contributed by atoms with Crippen molar-refractivity contribution in [3.8, 4) is 0 Å². The molecule has 1 unspecified atom stereocenters. The highest BCUT2D eigenvalue weighted by atomic mass is 32.2. The second kappa shape index (κ2) is 6.68. The summed E-state index contributed by atoms with van der Waals surface area (Å²) in [5.74, 6) is 2.18. The minimum absolute atomic E-state index is 0.0197. The Balaban J connectivity index is 3.46. The summed E-state index contributed by atoms with van der Waals surface area (Å²) < 4.78 is 21.6. The van der Waals surface area contributed by atoms with E-state index in [-0.39, 0.29) is 11.8 Å². The van der Waals surface area contributed by atoms with E-state index >= 15 is 0 Å². The highest BCUT2D eigenvalue weighted by Gasteiger charge is 2.07.